The third kappa shape index (κ3) is 2.74. The van der Waals surface area contributed by atoms with Gasteiger partial charge in [-0.05, 0) is 26.0 Å². The molecular weight excluding hydrogens is 218 g/mol. The van der Waals surface area contributed by atoms with Gasteiger partial charge in [0.05, 0.1) is 4.92 Å². The lowest BCUT2D eigenvalue weighted by atomic mass is 10.1. The van der Waals surface area contributed by atoms with Gasteiger partial charge in [-0.15, -0.1) is 0 Å². The Morgan fingerprint density at radius 2 is 1.76 bits per heavy atom. The number of non-ortho nitro benzene ring substituents is 1. The molecule has 1 N–H and O–H groups in total. The SMILES string of the molecule is C[C@@H]1CN(c2ccc([N+](=O)[O-])cc2)C[C@H](C)N1. The molecular formula is C12H17N3O2. The predicted octanol–water partition coefficient (Wildman–Crippen LogP) is 1.78. The number of anilines is 1. The van der Waals surface area contributed by atoms with E-state index < -0.39 is 0 Å². The molecule has 1 heterocycles. The van der Waals surface area contributed by atoms with Crippen LogP contribution in [0.2, 0.25) is 0 Å². The summed E-state index contributed by atoms with van der Waals surface area (Å²) in [5, 5.41) is 14.0. The second-order valence-electron chi connectivity index (χ2n) is 4.65. The summed E-state index contributed by atoms with van der Waals surface area (Å²) in [6.45, 7) is 6.16. The van der Waals surface area contributed by atoms with Crippen LogP contribution in [0.5, 0.6) is 0 Å². The number of piperazine rings is 1. The maximum Gasteiger partial charge on any atom is 0.269 e. The standard InChI is InChI=1S/C12H17N3O2/c1-9-7-14(8-10(2)13-9)11-3-5-12(6-4-11)15(16)17/h3-6,9-10,13H,7-8H2,1-2H3/t9-,10+. The lowest BCUT2D eigenvalue weighted by Crippen LogP contribution is -2.54. The molecule has 1 aromatic carbocycles. The van der Waals surface area contributed by atoms with Gasteiger partial charge in [-0.3, -0.25) is 10.1 Å². The lowest BCUT2D eigenvalue weighted by Gasteiger charge is -2.37. The van der Waals surface area contributed by atoms with Crippen LogP contribution in [-0.2, 0) is 0 Å². The van der Waals surface area contributed by atoms with E-state index >= 15 is 0 Å². The Balaban J connectivity index is 2.14. The molecule has 1 fully saturated rings. The summed E-state index contributed by atoms with van der Waals surface area (Å²) in [5.74, 6) is 0. The Morgan fingerprint density at radius 1 is 1.24 bits per heavy atom. The van der Waals surface area contributed by atoms with Crippen molar-refractivity contribution in [3.8, 4) is 0 Å². The van der Waals surface area contributed by atoms with Crippen molar-refractivity contribution in [2.45, 2.75) is 25.9 Å². The summed E-state index contributed by atoms with van der Waals surface area (Å²) in [5.41, 5.74) is 1.20. The Bertz CT molecular complexity index is 395. The second-order valence-corrected chi connectivity index (χ2v) is 4.65. The summed E-state index contributed by atoms with van der Waals surface area (Å²) >= 11 is 0. The van der Waals surface area contributed by atoms with Crippen LogP contribution >= 0.6 is 0 Å². The number of nitrogens with one attached hydrogen (secondary N) is 1. The Kier molecular flexibility index (Phi) is 3.28. The predicted molar refractivity (Wildman–Crippen MR) is 67.4 cm³/mol. The number of benzene rings is 1. The minimum absolute atomic E-state index is 0.144. The van der Waals surface area contributed by atoms with E-state index in [2.05, 4.69) is 24.1 Å². The highest BCUT2D eigenvalue weighted by molar-refractivity contribution is 5.51. The van der Waals surface area contributed by atoms with Crippen LogP contribution in [0.1, 0.15) is 13.8 Å². The smallest absolute Gasteiger partial charge is 0.269 e. The van der Waals surface area contributed by atoms with Crippen molar-refractivity contribution >= 4 is 11.4 Å². The molecule has 0 bridgehead atoms. The van der Waals surface area contributed by atoms with Crippen molar-refractivity contribution in [3.63, 3.8) is 0 Å². The Morgan fingerprint density at radius 3 is 2.24 bits per heavy atom. The summed E-state index contributed by atoms with van der Waals surface area (Å²) in [4.78, 5) is 12.5. The molecule has 1 aliphatic heterocycles. The third-order valence-corrected chi connectivity index (χ3v) is 2.98. The summed E-state index contributed by atoms with van der Waals surface area (Å²) in [6.07, 6.45) is 0. The van der Waals surface area contributed by atoms with Gasteiger partial charge in [0.15, 0.2) is 0 Å². The zero-order valence-electron chi connectivity index (χ0n) is 10.1. The monoisotopic (exact) mass is 235 g/mol. The minimum atomic E-state index is -0.368. The molecule has 1 saturated heterocycles. The van der Waals surface area contributed by atoms with Gasteiger partial charge in [0, 0.05) is 43.0 Å². The highest BCUT2D eigenvalue weighted by atomic mass is 16.6. The zero-order valence-corrected chi connectivity index (χ0v) is 10.1. The van der Waals surface area contributed by atoms with Gasteiger partial charge in [-0.2, -0.15) is 0 Å². The molecule has 0 spiro atoms. The number of hydrogen-bond donors (Lipinski definition) is 1. The van der Waals surface area contributed by atoms with E-state index in [9.17, 15) is 10.1 Å². The fraction of sp³-hybridized carbons (Fsp3) is 0.500. The topological polar surface area (TPSA) is 58.4 Å². The van der Waals surface area contributed by atoms with Crippen molar-refractivity contribution < 1.29 is 4.92 Å². The fourth-order valence-corrected chi connectivity index (χ4v) is 2.32. The van der Waals surface area contributed by atoms with Crippen LogP contribution in [0, 0.1) is 10.1 Å². The molecule has 17 heavy (non-hydrogen) atoms. The van der Waals surface area contributed by atoms with E-state index in [1.165, 1.54) is 0 Å². The van der Waals surface area contributed by atoms with Gasteiger partial charge >= 0.3 is 0 Å². The van der Waals surface area contributed by atoms with Gasteiger partial charge in [0.25, 0.3) is 5.69 Å². The van der Waals surface area contributed by atoms with Crippen LogP contribution < -0.4 is 10.2 Å². The van der Waals surface area contributed by atoms with Crippen LogP contribution in [-0.4, -0.2) is 30.1 Å². The van der Waals surface area contributed by atoms with Crippen LogP contribution in [0.25, 0.3) is 0 Å². The van der Waals surface area contributed by atoms with Crippen LogP contribution in [0.4, 0.5) is 11.4 Å². The molecule has 1 aromatic rings. The van der Waals surface area contributed by atoms with Crippen LogP contribution in [0.3, 0.4) is 0 Å². The number of nitro groups is 1. The summed E-state index contributed by atoms with van der Waals surface area (Å²) in [7, 11) is 0. The van der Waals surface area contributed by atoms with Gasteiger partial charge in [0.2, 0.25) is 0 Å². The molecule has 5 nitrogen and oxygen atoms in total. The second kappa shape index (κ2) is 4.71. The first-order valence-corrected chi connectivity index (χ1v) is 5.81. The number of nitrogens with zero attached hydrogens (tertiary/aromatic N) is 2. The van der Waals surface area contributed by atoms with Gasteiger partial charge in [-0.1, -0.05) is 0 Å². The zero-order chi connectivity index (χ0) is 12.4. The minimum Gasteiger partial charge on any atom is -0.368 e. The summed E-state index contributed by atoms with van der Waals surface area (Å²) < 4.78 is 0. The molecule has 0 unspecified atom stereocenters. The molecule has 0 radical (unpaired) electrons. The average Bonchev–Trinajstić information content (AvgIpc) is 2.28. The highest BCUT2D eigenvalue weighted by Gasteiger charge is 2.21. The first kappa shape index (κ1) is 11.9. The Hall–Kier alpha value is -1.62. The van der Waals surface area contributed by atoms with Crippen molar-refractivity contribution in [1.29, 1.82) is 0 Å². The van der Waals surface area contributed by atoms with E-state index in [0.29, 0.717) is 12.1 Å². The average molecular weight is 235 g/mol. The number of rotatable bonds is 2. The molecule has 0 saturated carbocycles. The first-order valence-electron chi connectivity index (χ1n) is 5.81. The maximum atomic E-state index is 10.6. The number of nitro benzene ring substituents is 1. The van der Waals surface area contributed by atoms with Gasteiger partial charge in [0.1, 0.15) is 0 Å². The number of hydrogen-bond acceptors (Lipinski definition) is 4. The largest absolute Gasteiger partial charge is 0.368 e. The van der Waals surface area contributed by atoms with Gasteiger partial charge in [-0.25, -0.2) is 0 Å². The van der Waals surface area contributed by atoms with Crippen molar-refractivity contribution in [1.82, 2.24) is 5.32 Å². The highest BCUT2D eigenvalue weighted by Crippen LogP contribution is 2.21. The van der Waals surface area contributed by atoms with E-state index in [-0.39, 0.29) is 10.6 Å². The van der Waals surface area contributed by atoms with E-state index in [1.807, 2.05) is 12.1 Å². The fourth-order valence-electron chi connectivity index (χ4n) is 2.32. The molecule has 2 atom stereocenters. The summed E-state index contributed by atoms with van der Waals surface area (Å²) in [6, 6.07) is 7.65. The first-order chi connectivity index (χ1) is 8.06. The maximum absolute atomic E-state index is 10.6. The quantitative estimate of drug-likeness (QED) is 0.627. The van der Waals surface area contributed by atoms with E-state index in [0.717, 1.165) is 18.8 Å². The molecule has 2 rings (SSSR count). The van der Waals surface area contributed by atoms with Crippen molar-refractivity contribution in [3.05, 3.63) is 34.4 Å². The molecule has 0 amide bonds. The lowest BCUT2D eigenvalue weighted by molar-refractivity contribution is -0.384. The van der Waals surface area contributed by atoms with Crippen molar-refractivity contribution in [2.24, 2.45) is 0 Å². The molecule has 0 aliphatic carbocycles. The third-order valence-electron chi connectivity index (χ3n) is 2.98. The molecule has 0 aromatic heterocycles. The van der Waals surface area contributed by atoms with Crippen LogP contribution in [0.15, 0.2) is 24.3 Å². The Labute approximate surface area is 101 Å². The molecule has 92 valence electrons. The molecule has 5 heteroatoms. The molecule has 1 aliphatic rings. The normalized spacial score (nSPS) is 24.7. The van der Waals surface area contributed by atoms with E-state index in [1.54, 1.807) is 12.1 Å². The van der Waals surface area contributed by atoms with E-state index in [4.69, 9.17) is 0 Å². The van der Waals surface area contributed by atoms with Gasteiger partial charge < -0.3 is 10.2 Å². The van der Waals surface area contributed by atoms with Crippen molar-refractivity contribution in [2.75, 3.05) is 18.0 Å².